The predicted molar refractivity (Wildman–Crippen MR) is 48.8 cm³/mol. The number of benzene rings is 1. The topological polar surface area (TPSA) is 46.2 Å². The summed E-state index contributed by atoms with van der Waals surface area (Å²) in [4.78, 5) is 22.4. The van der Waals surface area contributed by atoms with Gasteiger partial charge in [-0.05, 0) is 18.6 Å². The highest BCUT2D eigenvalue weighted by Crippen LogP contribution is 2.25. The lowest BCUT2D eigenvalue weighted by atomic mass is 9.99. The highest BCUT2D eigenvalue weighted by molar-refractivity contribution is 6.19. The van der Waals surface area contributed by atoms with E-state index in [1.807, 2.05) is 19.1 Å². The molecule has 1 aliphatic heterocycles. The van der Waals surface area contributed by atoms with E-state index >= 15 is 0 Å². The number of aryl methyl sites for hydroxylation is 1. The Balaban J connectivity index is 2.61. The minimum absolute atomic E-state index is 0.0313. The van der Waals surface area contributed by atoms with Crippen molar-refractivity contribution in [2.75, 3.05) is 5.32 Å². The quantitative estimate of drug-likeness (QED) is 0.607. The third kappa shape index (κ3) is 1.22. The lowest BCUT2D eigenvalue weighted by Crippen LogP contribution is -2.24. The van der Waals surface area contributed by atoms with Crippen LogP contribution in [0.15, 0.2) is 18.2 Å². The minimum Gasteiger partial charge on any atom is -0.325 e. The van der Waals surface area contributed by atoms with Crippen molar-refractivity contribution in [2.45, 2.75) is 13.3 Å². The molecular weight excluding hydrogens is 166 g/mol. The maximum Gasteiger partial charge on any atom is 0.232 e. The van der Waals surface area contributed by atoms with Crippen molar-refractivity contribution in [1.29, 1.82) is 0 Å². The fourth-order valence-electron chi connectivity index (χ4n) is 1.49. The summed E-state index contributed by atoms with van der Waals surface area (Å²) in [6, 6.07) is 5.44. The molecule has 0 fully saturated rings. The van der Waals surface area contributed by atoms with E-state index in [2.05, 4.69) is 5.32 Å². The first-order valence-electron chi connectivity index (χ1n) is 4.11. The van der Waals surface area contributed by atoms with Gasteiger partial charge in [0.2, 0.25) is 5.91 Å². The van der Waals surface area contributed by atoms with E-state index in [9.17, 15) is 9.59 Å². The highest BCUT2D eigenvalue weighted by Gasteiger charge is 2.22. The number of ketones is 1. The van der Waals surface area contributed by atoms with Crippen molar-refractivity contribution < 1.29 is 9.59 Å². The minimum atomic E-state index is -0.216. The fourth-order valence-corrected chi connectivity index (χ4v) is 1.49. The van der Waals surface area contributed by atoms with E-state index in [0.29, 0.717) is 11.3 Å². The molecule has 0 aliphatic carbocycles. The van der Waals surface area contributed by atoms with Crippen molar-refractivity contribution in [2.24, 2.45) is 0 Å². The summed E-state index contributed by atoms with van der Waals surface area (Å²) in [5.74, 6) is -0.311. The van der Waals surface area contributed by atoms with Gasteiger partial charge in [-0.15, -0.1) is 0 Å². The Morgan fingerprint density at radius 3 is 2.85 bits per heavy atom. The van der Waals surface area contributed by atoms with Crippen LogP contribution < -0.4 is 5.32 Å². The zero-order chi connectivity index (χ0) is 9.42. The Morgan fingerprint density at radius 1 is 1.31 bits per heavy atom. The molecule has 0 spiro atoms. The number of carbonyl (C=O) groups excluding carboxylic acids is 2. The second-order valence-electron chi connectivity index (χ2n) is 3.15. The fraction of sp³-hybridized carbons (Fsp3) is 0.200. The zero-order valence-corrected chi connectivity index (χ0v) is 7.26. The van der Waals surface area contributed by atoms with Crippen molar-refractivity contribution >= 4 is 17.4 Å². The molecule has 2 rings (SSSR count). The summed E-state index contributed by atoms with van der Waals surface area (Å²) in [6.45, 7) is 1.87. The molecule has 1 aromatic rings. The van der Waals surface area contributed by atoms with Crippen molar-refractivity contribution in [3.8, 4) is 0 Å². The van der Waals surface area contributed by atoms with Crippen LogP contribution >= 0.6 is 0 Å². The Morgan fingerprint density at radius 2 is 2.08 bits per heavy atom. The monoisotopic (exact) mass is 175 g/mol. The molecule has 0 bridgehead atoms. The number of hydrogen-bond donors (Lipinski definition) is 1. The summed E-state index contributed by atoms with van der Waals surface area (Å²) < 4.78 is 0. The van der Waals surface area contributed by atoms with E-state index in [-0.39, 0.29) is 18.1 Å². The molecule has 66 valence electrons. The number of hydrogen-bond acceptors (Lipinski definition) is 2. The van der Waals surface area contributed by atoms with Gasteiger partial charge in [0, 0.05) is 5.56 Å². The smallest absolute Gasteiger partial charge is 0.232 e. The first kappa shape index (κ1) is 7.98. The third-order valence-corrected chi connectivity index (χ3v) is 2.16. The Bertz CT molecular complexity index is 396. The number of amides is 1. The predicted octanol–water partition coefficient (Wildman–Crippen LogP) is 1.52. The average molecular weight is 175 g/mol. The molecule has 3 nitrogen and oxygen atoms in total. The van der Waals surface area contributed by atoms with Gasteiger partial charge in [0.05, 0.1) is 12.1 Å². The highest BCUT2D eigenvalue weighted by atomic mass is 16.2. The second kappa shape index (κ2) is 2.69. The summed E-state index contributed by atoms with van der Waals surface area (Å²) in [6.07, 6.45) is -0.0313. The van der Waals surface area contributed by atoms with Crippen molar-refractivity contribution in [3.63, 3.8) is 0 Å². The van der Waals surface area contributed by atoms with Crippen LogP contribution in [0.2, 0.25) is 0 Å². The normalized spacial score (nSPS) is 15.2. The Hall–Kier alpha value is -1.64. The lowest BCUT2D eigenvalue weighted by Gasteiger charge is -2.17. The Labute approximate surface area is 75.8 Å². The molecule has 3 heteroatoms. The van der Waals surface area contributed by atoms with Crippen LogP contribution in [0.5, 0.6) is 0 Å². The molecular formula is C10H9NO2. The van der Waals surface area contributed by atoms with Crippen LogP contribution in [-0.2, 0) is 4.79 Å². The summed E-state index contributed by atoms with van der Waals surface area (Å²) in [7, 11) is 0. The van der Waals surface area contributed by atoms with E-state index in [1.165, 1.54) is 0 Å². The molecule has 0 aromatic heterocycles. The van der Waals surface area contributed by atoms with E-state index < -0.39 is 0 Å². The van der Waals surface area contributed by atoms with Crippen molar-refractivity contribution in [1.82, 2.24) is 0 Å². The van der Waals surface area contributed by atoms with Crippen LogP contribution in [0.1, 0.15) is 22.3 Å². The molecule has 1 heterocycles. The van der Waals surface area contributed by atoms with Crippen molar-refractivity contribution in [3.05, 3.63) is 29.3 Å². The van der Waals surface area contributed by atoms with Crippen LogP contribution in [0.25, 0.3) is 0 Å². The first-order valence-corrected chi connectivity index (χ1v) is 4.11. The first-order chi connectivity index (χ1) is 6.18. The molecule has 1 N–H and O–H groups in total. The Kier molecular flexibility index (Phi) is 1.65. The maximum absolute atomic E-state index is 11.4. The molecule has 0 saturated carbocycles. The number of fused-ring (bicyclic) bond motifs is 1. The van der Waals surface area contributed by atoms with Gasteiger partial charge in [0.25, 0.3) is 0 Å². The third-order valence-electron chi connectivity index (χ3n) is 2.16. The maximum atomic E-state index is 11.4. The molecule has 1 amide bonds. The molecule has 1 aliphatic rings. The number of nitrogens with one attached hydrogen (secondary N) is 1. The SMILES string of the molecule is Cc1cccc2c1NC(=O)CC2=O. The van der Waals surface area contributed by atoms with E-state index in [4.69, 9.17) is 0 Å². The molecule has 0 atom stereocenters. The number of para-hydroxylation sites is 1. The number of rotatable bonds is 0. The van der Waals surface area contributed by atoms with Gasteiger partial charge < -0.3 is 5.32 Å². The molecule has 1 aromatic carbocycles. The van der Waals surface area contributed by atoms with Gasteiger partial charge in [0.15, 0.2) is 5.78 Å². The van der Waals surface area contributed by atoms with Crippen LogP contribution in [-0.4, -0.2) is 11.7 Å². The van der Waals surface area contributed by atoms with Gasteiger partial charge in [-0.3, -0.25) is 9.59 Å². The average Bonchev–Trinajstić information content (AvgIpc) is 2.07. The van der Waals surface area contributed by atoms with Crippen LogP contribution in [0, 0.1) is 6.92 Å². The molecule has 0 radical (unpaired) electrons. The van der Waals surface area contributed by atoms with Gasteiger partial charge in [-0.2, -0.15) is 0 Å². The summed E-state index contributed by atoms with van der Waals surface area (Å²) in [5, 5.41) is 2.70. The summed E-state index contributed by atoms with van der Waals surface area (Å²) >= 11 is 0. The van der Waals surface area contributed by atoms with Crippen LogP contribution in [0.3, 0.4) is 0 Å². The van der Waals surface area contributed by atoms with Gasteiger partial charge in [-0.1, -0.05) is 12.1 Å². The van der Waals surface area contributed by atoms with E-state index in [0.717, 1.165) is 5.56 Å². The number of carbonyl (C=O) groups is 2. The van der Waals surface area contributed by atoms with Gasteiger partial charge in [-0.25, -0.2) is 0 Å². The van der Waals surface area contributed by atoms with Gasteiger partial charge >= 0.3 is 0 Å². The molecule has 0 saturated heterocycles. The van der Waals surface area contributed by atoms with Crippen LogP contribution in [0.4, 0.5) is 5.69 Å². The number of anilines is 1. The second-order valence-corrected chi connectivity index (χ2v) is 3.15. The van der Waals surface area contributed by atoms with Gasteiger partial charge in [0.1, 0.15) is 0 Å². The summed E-state index contributed by atoms with van der Waals surface area (Å²) in [5.41, 5.74) is 2.22. The zero-order valence-electron chi connectivity index (χ0n) is 7.26. The molecule has 0 unspecified atom stereocenters. The van der Waals surface area contributed by atoms with E-state index in [1.54, 1.807) is 6.07 Å². The standard InChI is InChI=1S/C10H9NO2/c1-6-3-2-4-7-8(12)5-9(13)11-10(6)7/h2-4H,5H2,1H3,(H,11,13). The largest absolute Gasteiger partial charge is 0.325 e. The molecule has 13 heavy (non-hydrogen) atoms. The number of Topliss-reactive ketones (excluding diaryl/α,β-unsaturated/α-hetero) is 1. The lowest BCUT2D eigenvalue weighted by molar-refractivity contribution is -0.115.